The predicted molar refractivity (Wildman–Crippen MR) is 97.9 cm³/mol. The highest BCUT2D eigenvalue weighted by Crippen LogP contribution is 2.23. The Morgan fingerprint density at radius 1 is 1.00 bits per heavy atom. The van der Waals surface area contributed by atoms with Crippen molar-refractivity contribution in [1.29, 1.82) is 0 Å². The molecule has 7 heteroatoms. The van der Waals surface area contributed by atoms with E-state index >= 15 is 0 Å². The fraction of sp³-hybridized carbons (Fsp3) is 0.450. The fourth-order valence-corrected chi connectivity index (χ4v) is 3.84. The van der Waals surface area contributed by atoms with Crippen LogP contribution in [0.15, 0.2) is 18.2 Å². The van der Waals surface area contributed by atoms with Gasteiger partial charge in [0.1, 0.15) is 0 Å². The van der Waals surface area contributed by atoms with Crippen LogP contribution in [0.2, 0.25) is 0 Å². The molecule has 1 fully saturated rings. The molecule has 1 saturated heterocycles. The molecule has 1 aromatic carbocycles. The highest BCUT2D eigenvalue weighted by Gasteiger charge is 2.24. The Bertz CT molecular complexity index is 881. The highest BCUT2D eigenvalue weighted by molar-refractivity contribution is 5.94. The van der Waals surface area contributed by atoms with Crippen molar-refractivity contribution in [2.24, 2.45) is 0 Å². The third kappa shape index (κ3) is 3.50. The number of benzene rings is 1. The smallest absolute Gasteiger partial charge is 0.253 e. The Morgan fingerprint density at radius 3 is 2.48 bits per heavy atom. The number of amides is 1. The highest BCUT2D eigenvalue weighted by atomic mass is 19.2. The zero-order valence-corrected chi connectivity index (χ0v) is 15.3. The topological polar surface area (TPSA) is 49.3 Å². The second kappa shape index (κ2) is 7.21. The number of aromatic nitrogens is 2. The maximum Gasteiger partial charge on any atom is 0.253 e. The van der Waals surface area contributed by atoms with Gasteiger partial charge in [0.25, 0.3) is 5.91 Å². The lowest BCUT2D eigenvalue weighted by Gasteiger charge is -2.20. The van der Waals surface area contributed by atoms with Gasteiger partial charge in [0.2, 0.25) is 5.95 Å². The molecule has 0 unspecified atom stereocenters. The fourth-order valence-electron chi connectivity index (χ4n) is 3.84. The second-order valence-corrected chi connectivity index (χ2v) is 7.15. The van der Waals surface area contributed by atoms with E-state index < -0.39 is 11.6 Å². The van der Waals surface area contributed by atoms with Crippen LogP contribution in [0.4, 0.5) is 14.7 Å². The number of fused-ring (bicyclic) bond motifs is 1. The van der Waals surface area contributed by atoms with Crippen LogP contribution in [0.3, 0.4) is 0 Å². The van der Waals surface area contributed by atoms with E-state index in [1.807, 2.05) is 6.92 Å². The molecule has 0 saturated carbocycles. The number of hydrogen-bond donors (Lipinski definition) is 0. The third-order valence-corrected chi connectivity index (χ3v) is 5.38. The molecule has 1 amide bonds. The Labute approximate surface area is 157 Å². The van der Waals surface area contributed by atoms with Crippen molar-refractivity contribution in [1.82, 2.24) is 14.9 Å². The van der Waals surface area contributed by atoms with Crippen LogP contribution in [-0.2, 0) is 12.8 Å². The zero-order valence-electron chi connectivity index (χ0n) is 15.3. The summed E-state index contributed by atoms with van der Waals surface area (Å²) < 4.78 is 26.6. The van der Waals surface area contributed by atoms with Crippen LogP contribution in [-0.4, -0.2) is 47.0 Å². The van der Waals surface area contributed by atoms with E-state index in [2.05, 4.69) is 9.88 Å². The van der Waals surface area contributed by atoms with E-state index in [1.165, 1.54) is 6.07 Å². The standard InChI is InChI=1S/C20H22F2N4O/c1-13-15-6-10-25(19(27)14-4-5-16(21)17(22)12-14)11-7-18(15)24-20(23-13)26-8-2-3-9-26/h4-5,12H,2-3,6-11H2,1H3. The molecule has 142 valence electrons. The molecule has 2 aromatic rings. The number of halogens is 2. The van der Waals surface area contributed by atoms with Gasteiger partial charge >= 0.3 is 0 Å². The summed E-state index contributed by atoms with van der Waals surface area (Å²) in [5.74, 6) is -1.46. The molecule has 1 aromatic heterocycles. The molecule has 0 spiro atoms. The first-order valence-electron chi connectivity index (χ1n) is 9.38. The second-order valence-electron chi connectivity index (χ2n) is 7.15. The number of rotatable bonds is 2. The van der Waals surface area contributed by atoms with Crippen LogP contribution >= 0.6 is 0 Å². The van der Waals surface area contributed by atoms with E-state index in [0.29, 0.717) is 25.9 Å². The van der Waals surface area contributed by atoms with Crippen molar-refractivity contribution in [2.45, 2.75) is 32.6 Å². The first-order chi connectivity index (χ1) is 13.0. The van der Waals surface area contributed by atoms with Gasteiger partial charge in [0.15, 0.2) is 11.6 Å². The maximum absolute atomic E-state index is 13.5. The van der Waals surface area contributed by atoms with Crippen molar-refractivity contribution in [3.05, 3.63) is 52.3 Å². The van der Waals surface area contributed by atoms with E-state index in [1.54, 1.807) is 4.90 Å². The lowest BCUT2D eigenvalue weighted by molar-refractivity contribution is 0.0762. The molecular weight excluding hydrogens is 350 g/mol. The average molecular weight is 372 g/mol. The predicted octanol–water partition coefficient (Wildman–Crippen LogP) is 2.90. The molecule has 5 nitrogen and oxygen atoms in total. The Kier molecular flexibility index (Phi) is 4.76. The molecule has 0 bridgehead atoms. The van der Waals surface area contributed by atoms with Gasteiger partial charge in [0.05, 0.1) is 5.69 Å². The molecule has 0 N–H and O–H groups in total. The third-order valence-electron chi connectivity index (χ3n) is 5.38. The molecule has 27 heavy (non-hydrogen) atoms. The summed E-state index contributed by atoms with van der Waals surface area (Å²) in [6.45, 7) is 4.98. The Hall–Kier alpha value is -2.57. The van der Waals surface area contributed by atoms with Gasteiger partial charge in [-0.05, 0) is 49.9 Å². The summed E-state index contributed by atoms with van der Waals surface area (Å²) in [4.78, 5) is 26.1. The Balaban J connectivity index is 1.54. The monoisotopic (exact) mass is 372 g/mol. The van der Waals surface area contributed by atoms with Crippen molar-refractivity contribution in [2.75, 3.05) is 31.1 Å². The first kappa shape index (κ1) is 17.8. The van der Waals surface area contributed by atoms with Crippen LogP contribution < -0.4 is 4.90 Å². The number of aryl methyl sites for hydroxylation is 1. The molecule has 0 radical (unpaired) electrons. The lowest BCUT2D eigenvalue weighted by atomic mass is 10.1. The van der Waals surface area contributed by atoms with Crippen LogP contribution in [0, 0.1) is 18.6 Å². The van der Waals surface area contributed by atoms with Crippen LogP contribution in [0.1, 0.15) is 40.2 Å². The lowest BCUT2D eigenvalue weighted by Crippen LogP contribution is -2.33. The minimum absolute atomic E-state index is 0.167. The van der Waals surface area contributed by atoms with Crippen LogP contribution in [0.25, 0.3) is 0 Å². The number of anilines is 1. The molecule has 2 aliphatic rings. The van der Waals surface area contributed by atoms with E-state index in [0.717, 1.165) is 61.0 Å². The molecular formula is C20H22F2N4O. The average Bonchev–Trinajstić information content (AvgIpc) is 3.11. The Morgan fingerprint density at radius 2 is 1.74 bits per heavy atom. The van der Waals surface area contributed by atoms with E-state index in [-0.39, 0.29) is 11.5 Å². The molecule has 0 atom stereocenters. The summed E-state index contributed by atoms with van der Waals surface area (Å²) in [5.41, 5.74) is 3.22. The quantitative estimate of drug-likeness (QED) is 0.813. The minimum atomic E-state index is -1.00. The summed E-state index contributed by atoms with van der Waals surface area (Å²) >= 11 is 0. The molecule has 3 heterocycles. The summed E-state index contributed by atoms with van der Waals surface area (Å²) in [7, 11) is 0. The maximum atomic E-state index is 13.5. The molecule has 4 rings (SSSR count). The van der Waals surface area contributed by atoms with Crippen molar-refractivity contribution in [3.8, 4) is 0 Å². The summed E-state index contributed by atoms with van der Waals surface area (Å²) in [5, 5.41) is 0. The zero-order chi connectivity index (χ0) is 19.0. The SMILES string of the molecule is Cc1nc(N2CCCC2)nc2c1CCN(C(=O)c1ccc(F)c(F)c1)CC2. The normalized spacial score (nSPS) is 17.0. The number of nitrogens with zero attached hydrogens (tertiary/aromatic N) is 4. The van der Waals surface area contributed by atoms with E-state index in [4.69, 9.17) is 4.98 Å². The van der Waals surface area contributed by atoms with Gasteiger partial charge in [-0.15, -0.1) is 0 Å². The van der Waals surface area contributed by atoms with E-state index in [9.17, 15) is 13.6 Å². The van der Waals surface area contributed by atoms with Crippen molar-refractivity contribution >= 4 is 11.9 Å². The van der Waals surface area contributed by atoms with Crippen molar-refractivity contribution in [3.63, 3.8) is 0 Å². The van der Waals surface area contributed by atoms with Gasteiger partial charge in [-0.1, -0.05) is 0 Å². The van der Waals surface area contributed by atoms with Crippen LogP contribution in [0.5, 0.6) is 0 Å². The summed E-state index contributed by atoms with van der Waals surface area (Å²) in [6.07, 6.45) is 3.62. The molecule has 2 aliphatic heterocycles. The number of carbonyl (C=O) groups excluding carboxylic acids is 1. The minimum Gasteiger partial charge on any atom is -0.341 e. The number of carbonyl (C=O) groups is 1. The molecule has 0 aliphatic carbocycles. The largest absolute Gasteiger partial charge is 0.341 e. The van der Waals surface area contributed by atoms with Crippen molar-refractivity contribution < 1.29 is 13.6 Å². The number of hydrogen-bond acceptors (Lipinski definition) is 4. The van der Waals surface area contributed by atoms with Gasteiger partial charge in [-0.2, -0.15) is 0 Å². The van der Waals surface area contributed by atoms with Gasteiger partial charge in [-0.25, -0.2) is 18.7 Å². The van der Waals surface area contributed by atoms with Gasteiger partial charge in [0, 0.05) is 43.9 Å². The van der Waals surface area contributed by atoms with Gasteiger partial charge < -0.3 is 9.80 Å². The first-order valence-corrected chi connectivity index (χ1v) is 9.38. The van der Waals surface area contributed by atoms with Gasteiger partial charge in [-0.3, -0.25) is 4.79 Å². The summed E-state index contributed by atoms with van der Waals surface area (Å²) in [6, 6.07) is 3.29.